The van der Waals surface area contributed by atoms with Crippen molar-refractivity contribution in [1.29, 1.82) is 0 Å². The number of thiazole rings is 1. The number of imide groups is 1. The van der Waals surface area contributed by atoms with Crippen molar-refractivity contribution in [2.45, 2.75) is 160 Å². The summed E-state index contributed by atoms with van der Waals surface area (Å²) in [5.41, 5.74) is 4.60. The normalized spacial score (nSPS) is 24.7. The number of benzene rings is 3. The first-order chi connectivity index (χ1) is 50.4. The van der Waals surface area contributed by atoms with Crippen molar-refractivity contribution in [1.82, 2.24) is 40.2 Å². The molecular formula is C73H86N10O21S2. The molecule has 33 heteroatoms. The van der Waals surface area contributed by atoms with Crippen LogP contribution in [-0.2, 0) is 67.9 Å². The summed E-state index contributed by atoms with van der Waals surface area (Å²) in [5.74, 6) is -6.55. The number of carboxylic acid groups (broad SMARTS) is 2. The minimum atomic E-state index is -4.77. The first-order valence-corrected chi connectivity index (χ1v) is 37.6. The minimum absolute atomic E-state index is 0.0342. The molecule has 5 fully saturated rings. The van der Waals surface area contributed by atoms with E-state index in [0.29, 0.717) is 59.1 Å². The summed E-state index contributed by atoms with van der Waals surface area (Å²) in [7, 11) is -3.21. The highest BCUT2D eigenvalue weighted by molar-refractivity contribution is 7.85. The molecule has 13 rings (SSSR count). The third-order valence-electron chi connectivity index (χ3n) is 20.6. The van der Waals surface area contributed by atoms with E-state index in [0.717, 1.165) is 89.9 Å². The number of nitrogens with one attached hydrogen (secondary N) is 3. The quantitative estimate of drug-likeness (QED) is 0.0130. The van der Waals surface area contributed by atoms with Gasteiger partial charge in [0.25, 0.3) is 21.9 Å². The predicted molar refractivity (Wildman–Crippen MR) is 382 cm³/mol. The largest absolute Gasteiger partial charge is 0.493 e. The van der Waals surface area contributed by atoms with Crippen molar-refractivity contribution in [3.05, 3.63) is 114 Å². The number of aromatic carboxylic acids is 1. The lowest BCUT2D eigenvalue weighted by Gasteiger charge is -2.69. The first kappa shape index (κ1) is 76.2. The molecule has 2 unspecified atom stereocenters. The smallest absolute Gasteiger partial charge is 0.409 e. The third kappa shape index (κ3) is 17.3. The molecule has 1 saturated heterocycles. The topological polar surface area (TPSA) is 428 Å². The van der Waals surface area contributed by atoms with Gasteiger partial charge in [-0.1, -0.05) is 55.9 Å². The van der Waals surface area contributed by atoms with Gasteiger partial charge in [-0.3, -0.25) is 43.5 Å². The number of ether oxygens (including phenoxy) is 5. The average molecular weight is 1500 g/mol. The number of rotatable bonds is 30. The first-order valence-electron chi connectivity index (χ1n) is 35.1. The number of nitrogens with zero attached hydrogens (tertiary/aromatic N) is 7. The molecule has 7 aliphatic rings. The van der Waals surface area contributed by atoms with Crippen LogP contribution < -0.4 is 30.3 Å². The van der Waals surface area contributed by atoms with E-state index in [1.165, 1.54) is 34.4 Å². The van der Waals surface area contributed by atoms with E-state index >= 15 is 0 Å². The van der Waals surface area contributed by atoms with Gasteiger partial charge in [-0.05, 0) is 142 Å². The number of likely N-dealkylation sites (N-methyl/N-ethyl adjacent to an activating group) is 1. The molecular weight excluding hydrogens is 1420 g/mol. The Bertz CT molecular complexity index is 4480. The van der Waals surface area contributed by atoms with Crippen LogP contribution in [0.3, 0.4) is 0 Å². The lowest BCUT2D eigenvalue weighted by molar-refractivity contribution is -0.271. The molecule has 106 heavy (non-hydrogen) atoms. The highest BCUT2D eigenvalue weighted by Crippen LogP contribution is 2.72. The second-order valence-corrected chi connectivity index (χ2v) is 31.9. The highest BCUT2D eigenvalue weighted by atomic mass is 32.2. The van der Waals surface area contributed by atoms with Crippen molar-refractivity contribution in [2.75, 3.05) is 62.4 Å². The number of carbonyl (C=O) groups excluding carboxylic acids is 6. The zero-order valence-electron chi connectivity index (χ0n) is 58.9. The van der Waals surface area contributed by atoms with E-state index in [-0.39, 0.29) is 104 Å². The van der Waals surface area contributed by atoms with Crippen molar-refractivity contribution in [2.24, 2.45) is 16.2 Å². The Morgan fingerprint density at radius 2 is 1.59 bits per heavy atom. The van der Waals surface area contributed by atoms with Crippen molar-refractivity contribution in [3.8, 4) is 33.9 Å². The summed E-state index contributed by atoms with van der Waals surface area (Å²) in [4.78, 5) is 116. The fraction of sp³-hybridized carbons (Fsp3) is 0.493. The Morgan fingerprint density at radius 1 is 0.840 bits per heavy atom. The number of hydrogen-bond donors (Lipinski definition) is 9. The molecule has 31 nitrogen and oxygen atoms in total. The number of carboxylic acids is 2. The number of pyridine rings is 1. The Labute approximate surface area is 613 Å². The van der Waals surface area contributed by atoms with Crippen LogP contribution in [0.15, 0.2) is 91.1 Å². The fourth-order valence-electron chi connectivity index (χ4n) is 16.9. The number of aryl methyl sites for hydroxylation is 1. The van der Waals surface area contributed by atoms with Gasteiger partial charge in [0.05, 0.1) is 40.9 Å². The van der Waals surface area contributed by atoms with Crippen LogP contribution in [0.25, 0.3) is 32.6 Å². The molecule has 7 amide bonds. The number of para-hydroxylation sites is 1. The van der Waals surface area contributed by atoms with Gasteiger partial charge in [-0.2, -0.15) is 13.5 Å². The van der Waals surface area contributed by atoms with E-state index in [1.807, 2.05) is 54.1 Å². The molecule has 4 aliphatic carbocycles. The maximum atomic E-state index is 13.8. The van der Waals surface area contributed by atoms with Crippen LogP contribution in [0.5, 0.6) is 11.5 Å². The summed E-state index contributed by atoms with van der Waals surface area (Å²) in [5, 5.41) is 65.1. The van der Waals surface area contributed by atoms with Crippen LogP contribution in [0, 0.1) is 23.2 Å². The minimum Gasteiger partial charge on any atom is -0.493 e. The number of hydrogen-bond acceptors (Lipinski definition) is 22. The molecule has 6 aromatic rings. The Morgan fingerprint density at radius 3 is 2.32 bits per heavy atom. The maximum Gasteiger partial charge on any atom is 0.409 e. The molecule has 3 aliphatic heterocycles. The molecule has 9 N–H and O–H groups in total. The monoisotopic (exact) mass is 1500 g/mol. The molecule has 4 saturated carbocycles. The van der Waals surface area contributed by atoms with Gasteiger partial charge in [0, 0.05) is 98.0 Å². The SMILES string of the molecule is Cc1c(-c2ccc(-c3ccc4c(c3)N(C(=O)Nc3nc5ccccc5s3)CCC4)nc2C(=O)O)cnn1CC12CC3(C)CC(C)(C1)CC(OCCN(C)C(=O)OCc1ccc(O[C@@H]4O[C@H](C(=O)O)[C@@H](O)[C@H](O)[C@H]4O)cc1OCCCNC(=O)[C@H](CS(=O)(=O)O)NC(=O)CCCCCN1C(=O)C=CC1=O)(C3)C2. The number of unbranched alkanes of at least 4 members (excludes halogenated alkanes) is 2. The second-order valence-electron chi connectivity index (χ2n) is 29.4. The molecule has 0 spiro atoms. The molecule has 8 atom stereocenters. The average Bonchev–Trinajstić information content (AvgIpc) is 0.844. The van der Waals surface area contributed by atoms with Gasteiger partial charge in [0.2, 0.25) is 18.1 Å². The zero-order chi connectivity index (χ0) is 75.6. The van der Waals surface area contributed by atoms with Crippen LogP contribution >= 0.6 is 11.3 Å². The highest BCUT2D eigenvalue weighted by Gasteiger charge is 2.66. The fourth-order valence-corrected chi connectivity index (χ4v) is 18.4. The van der Waals surface area contributed by atoms with Gasteiger partial charge >= 0.3 is 24.1 Å². The zero-order valence-corrected chi connectivity index (χ0v) is 60.6. The number of urea groups is 1. The van der Waals surface area contributed by atoms with Gasteiger partial charge in [-0.15, -0.1) is 0 Å². The van der Waals surface area contributed by atoms with Crippen LogP contribution in [0.4, 0.5) is 20.4 Å². The van der Waals surface area contributed by atoms with Crippen molar-refractivity contribution >= 4 is 90.2 Å². The second kappa shape index (κ2) is 31.1. The molecule has 3 aromatic heterocycles. The Kier molecular flexibility index (Phi) is 22.4. The summed E-state index contributed by atoms with van der Waals surface area (Å²) >= 11 is 1.40. The van der Waals surface area contributed by atoms with E-state index in [2.05, 4.69) is 34.8 Å². The van der Waals surface area contributed by atoms with Gasteiger partial charge < -0.3 is 64.8 Å². The summed E-state index contributed by atoms with van der Waals surface area (Å²) in [6, 6.07) is 19.1. The number of aliphatic hydroxyl groups is 3. The predicted octanol–water partition coefficient (Wildman–Crippen LogP) is 6.63. The lowest BCUT2D eigenvalue weighted by Crippen LogP contribution is -2.64. The van der Waals surface area contributed by atoms with Crippen LogP contribution in [0.2, 0.25) is 0 Å². The maximum absolute atomic E-state index is 13.8. The van der Waals surface area contributed by atoms with Crippen molar-refractivity contribution in [3.63, 3.8) is 0 Å². The number of aromatic nitrogens is 4. The molecule has 566 valence electrons. The summed E-state index contributed by atoms with van der Waals surface area (Å²) in [6.45, 7) is 7.35. The molecule has 4 bridgehead atoms. The number of aliphatic hydroxyl groups excluding tert-OH is 3. The number of anilines is 2. The molecule has 3 aromatic carbocycles. The number of aliphatic carboxylic acids is 1. The van der Waals surface area contributed by atoms with Crippen LogP contribution in [0.1, 0.15) is 118 Å². The Hall–Kier alpha value is -9.48. The number of amides is 7. The summed E-state index contributed by atoms with van der Waals surface area (Å²) < 4.78 is 66.4. The van der Waals surface area contributed by atoms with E-state index in [4.69, 9.17) is 33.8 Å². The molecule has 6 heterocycles. The van der Waals surface area contributed by atoms with E-state index < -0.39 is 99.9 Å². The van der Waals surface area contributed by atoms with Crippen LogP contribution in [-0.4, -0.2) is 210 Å². The standard InChI is InChI=1S/C73H86N10O21S2/c1-42-48(47-20-21-49(77-58(47)64(91)92)44-17-16-43-12-10-26-81(52(43)30-44)68(95)79-67-78-50-13-7-8-14-54(50)105-67)32-75-83(42)41-72-36-70(2)35-71(3,37-72)39-73(38-70,40-72)102-29-27-80(4)69(96)101-33-45-18-19-46(103-66-61(89)59(87)60(88)62(104-66)65(93)94)31-53(45)100-28-11-24-74-63(90)51(34-106(97,98)99)76-55(84)15-6-5-9-25-82-56(85)22-23-57(82)86/h7-8,13-14,16-23,30-32,51,59-62,66,87-89H,5-6,9-12,15,24-29,33-41H2,1-4H3,(H,74,90)(H,76,84)(H,91,92)(H,93,94)(H,78,79,95)(H,97,98,99)/t51-,59-,60-,61+,62-,66+,70?,71?,72?,73?/m0/s1. The number of carbonyl (C=O) groups is 8. The van der Waals surface area contributed by atoms with Gasteiger partial charge in [0.1, 0.15) is 48.2 Å². The van der Waals surface area contributed by atoms with Gasteiger partial charge in [0.15, 0.2) is 16.9 Å². The Balaban J connectivity index is 0.666. The van der Waals surface area contributed by atoms with Gasteiger partial charge in [-0.25, -0.2) is 29.1 Å². The van der Waals surface area contributed by atoms with E-state index in [9.17, 15) is 76.9 Å². The summed E-state index contributed by atoms with van der Waals surface area (Å²) in [6.07, 6.45) is 1.35. The molecule has 0 radical (unpaired) electrons. The van der Waals surface area contributed by atoms with E-state index in [1.54, 1.807) is 30.3 Å². The third-order valence-corrected chi connectivity index (χ3v) is 22.3. The number of fused-ring (bicyclic) bond motifs is 2. The van der Waals surface area contributed by atoms with Crippen molar-refractivity contribution < 1.29 is 101 Å². The lowest BCUT2D eigenvalue weighted by atomic mass is 9.39.